The van der Waals surface area contributed by atoms with Gasteiger partial charge in [-0.05, 0) is 26.4 Å². The Morgan fingerprint density at radius 2 is 2.37 bits per heavy atom. The molecule has 1 saturated heterocycles. The Balaban J connectivity index is 2.11. The number of methoxy groups -OCH3 is 1. The van der Waals surface area contributed by atoms with Crippen LogP contribution < -0.4 is 10.6 Å². The number of piperidine rings is 1. The summed E-state index contributed by atoms with van der Waals surface area (Å²) in [4.78, 5) is 10.5. The zero-order chi connectivity index (χ0) is 13.8. The molecule has 0 saturated carbocycles. The molecule has 1 unspecified atom stereocenters. The summed E-state index contributed by atoms with van der Waals surface area (Å²) in [5.74, 6) is 0. The third-order valence-electron chi connectivity index (χ3n) is 3.68. The topological polar surface area (TPSA) is 54.6 Å². The number of anilines is 1. The molecule has 1 aliphatic heterocycles. The number of hydrogen-bond acceptors (Lipinski definition) is 6. The van der Waals surface area contributed by atoms with Crippen molar-refractivity contribution in [3.8, 4) is 0 Å². The standard InChI is InChI=1S/C13H24N4OS/c1-16-6-4-5-10(8-16)17(2)13-15-11(9-18-3)12(7-14)19-13/h10H,4-9,14H2,1-3H3. The average Bonchev–Trinajstić information content (AvgIpc) is 2.81. The zero-order valence-corrected chi connectivity index (χ0v) is 12.9. The van der Waals surface area contributed by atoms with Gasteiger partial charge in [-0.3, -0.25) is 0 Å². The predicted octanol–water partition coefficient (Wildman–Crippen LogP) is 1.28. The van der Waals surface area contributed by atoms with Crippen LogP contribution in [0, 0.1) is 0 Å². The summed E-state index contributed by atoms with van der Waals surface area (Å²) >= 11 is 1.69. The first-order valence-electron chi connectivity index (χ1n) is 6.74. The Bertz CT molecular complexity index is 409. The molecule has 5 nitrogen and oxygen atoms in total. The van der Waals surface area contributed by atoms with Crippen LogP contribution in [0.2, 0.25) is 0 Å². The van der Waals surface area contributed by atoms with E-state index in [9.17, 15) is 0 Å². The van der Waals surface area contributed by atoms with Crippen LogP contribution in [-0.2, 0) is 17.9 Å². The maximum Gasteiger partial charge on any atom is 0.185 e. The third kappa shape index (κ3) is 3.45. The van der Waals surface area contributed by atoms with Crippen LogP contribution in [0.25, 0.3) is 0 Å². The summed E-state index contributed by atoms with van der Waals surface area (Å²) < 4.78 is 5.19. The second-order valence-electron chi connectivity index (χ2n) is 5.17. The van der Waals surface area contributed by atoms with Crippen molar-refractivity contribution >= 4 is 16.5 Å². The van der Waals surface area contributed by atoms with Crippen LogP contribution in [0.15, 0.2) is 0 Å². The number of rotatable bonds is 5. The van der Waals surface area contributed by atoms with Crippen LogP contribution in [-0.4, -0.2) is 50.2 Å². The van der Waals surface area contributed by atoms with Gasteiger partial charge in [-0.25, -0.2) is 4.98 Å². The number of aromatic nitrogens is 1. The van der Waals surface area contributed by atoms with Gasteiger partial charge >= 0.3 is 0 Å². The van der Waals surface area contributed by atoms with Crippen molar-refractivity contribution in [2.45, 2.75) is 32.0 Å². The quantitative estimate of drug-likeness (QED) is 0.883. The summed E-state index contributed by atoms with van der Waals surface area (Å²) in [6.07, 6.45) is 2.49. The Labute approximate surface area is 119 Å². The smallest absolute Gasteiger partial charge is 0.185 e. The van der Waals surface area contributed by atoms with Gasteiger partial charge in [-0.2, -0.15) is 0 Å². The number of nitrogens with two attached hydrogens (primary N) is 1. The lowest BCUT2D eigenvalue weighted by atomic mass is 10.1. The Morgan fingerprint density at radius 1 is 1.58 bits per heavy atom. The highest BCUT2D eigenvalue weighted by molar-refractivity contribution is 7.15. The molecule has 2 N–H and O–H groups in total. The van der Waals surface area contributed by atoms with Gasteiger partial charge in [0.1, 0.15) is 0 Å². The van der Waals surface area contributed by atoms with Crippen LogP contribution in [0.4, 0.5) is 5.13 Å². The molecule has 1 atom stereocenters. The van der Waals surface area contributed by atoms with E-state index in [0.29, 0.717) is 19.2 Å². The second kappa shape index (κ2) is 6.65. The average molecular weight is 284 g/mol. The number of thiazole rings is 1. The highest BCUT2D eigenvalue weighted by Crippen LogP contribution is 2.29. The van der Waals surface area contributed by atoms with Gasteiger partial charge in [-0.1, -0.05) is 0 Å². The molecule has 108 valence electrons. The van der Waals surface area contributed by atoms with Crippen LogP contribution in [0.3, 0.4) is 0 Å². The molecule has 0 spiro atoms. The summed E-state index contributed by atoms with van der Waals surface area (Å²) in [5, 5.41) is 1.06. The Morgan fingerprint density at radius 3 is 3.00 bits per heavy atom. The predicted molar refractivity (Wildman–Crippen MR) is 79.6 cm³/mol. The Kier molecular flexibility index (Phi) is 5.15. The van der Waals surface area contributed by atoms with Crippen molar-refractivity contribution in [2.75, 3.05) is 39.2 Å². The fourth-order valence-corrected chi connectivity index (χ4v) is 3.52. The lowest BCUT2D eigenvalue weighted by Gasteiger charge is -2.35. The first-order valence-corrected chi connectivity index (χ1v) is 7.56. The van der Waals surface area contributed by atoms with E-state index in [0.717, 1.165) is 22.2 Å². The van der Waals surface area contributed by atoms with E-state index in [1.54, 1.807) is 18.4 Å². The van der Waals surface area contributed by atoms with Gasteiger partial charge in [-0.15, -0.1) is 11.3 Å². The van der Waals surface area contributed by atoms with E-state index in [1.165, 1.54) is 19.4 Å². The number of likely N-dealkylation sites (N-methyl/N-ethyl adjacent to an activating group) is 2. The van der Waals surface area contributed by atoms with Gasteiger partial charge in [0.2, 0.25) is 0 Å². The fourth-order valence-electron chi connectivity index (χ4n) is 2.54. The molecule has 2 rings (SSSR count). The lowest BCUT2D eigenvalue weighted by molar-refractivity contribution is 0.181. The summed E-state index contributed by atoms with van der Waals surface area (Å²) in [6, 6.07) is 0.547. The largest absolute Gasteiger partial charge is 0.378 e. The summed E-state index contributed by atoms with van der Waals surface area (Å²) in [7, 11) is 6.02. The molecule has 6 heteroatoms. The maximum atomic E-state index is 5.78. The van der Waals surface area contributed by atoms with Gasteiger partial charge < -0.3 is 20.3 Å². The third-order valence-corrected chi connectivity index (χ3v) is 4.89. The number of ether oxygens (including phenoxy) is 1. The van der Waals surface area contributed by atoms with Crippen LogP contribution in [0.5, 0.6) is 0 Å². The fraction of sp³-hybridized carbons (Fsp3) is 0.769. The molecule has 1 aromatic heterocycles. The maximum absolute atomic E-state index is 5.78. The highest BCUT2D eigenvalue weighted by Gasteiger charge is 2.24. The normalized spacial score (nSPS) is 20.7. The molecule has 1 aromatic rings. The molecule has 1 aliphatic rings. The van der Waals surface area contributed by atoms with Crippen molar-refractivity contribution in [2.24, 2.45) is 5.73 Å². The Hall–Kier alpha value is -0.690. The van der Waals surface area contributed by atoms with Crippen LogP contribution in [0.1, 0.15) is 23.4 Å². The molecule has 19 heavy (non-hydrogen) atoms. The van der Waals surface area contributed by atoms with Crippen molar-refractivity contribution < 1.29 is 4.74 Å². The van der Waals surface area contributed by atoms with E-state index in [4.69, 9.17) is 15.5 Å². The van der Waals surface area contributed by atoms with E-state index in [-0.39, 0.29) is 0 Å². The van der Waals surface area contributed by atoms with Gasteiger partial charge in [0.05, 0.1) is 12.3 Å². The molecular formula is C13H24N4OS. The highest BCUT2D eigenvalue weighted by atomic mass is 32.1. The first kappa shape index (κ1) is 14.7. The number of likely N-dealkylation sites (tertiary alicyclic amines) is 1. The van der Waals surface area contributed by atoms with E-state index in [1.807, 2.05) is 0 Å². The van der Waals surface area contributed by atoms with Crippen molar-refractivity contribution in [1.82, 2.24) is 9.88 Å². The number of hydrogen-bond donors (Lipinski definition) is 1. The van der Waals surface area contributed by atoms with Crippen molar-refractivity contribution in [3.63, 3.8) is 0 Å². The zero-order valence-electron chi connectivity index (χ0n) is 12.1. The lowest BCUT2D eigenvalue weighted by Crippen LogP contribution is -2.45. The minimum absolute atomic E-state index is 0.536. The SMILES string of the molecule is COCc1nc(N(C)C2CCCN(C)C2)sc1CN. The molecule has 0 aromatic carbocycles. The minimum atomic E-state index is 0.536. The number of nitrogens with zero attached hydrogens (tertiary/aromatic N) is 3. The van der Waals surface area contributed by atoms with Crippen LogP contribution >= 0.6 is 11.3 Å². The molecule has 0 aliphatic carbocycles. The van der Waals surface area contributed by atoms with E-state index >= 15 is 0 Å². The first-order chi connectivity index (χ1) is 9.15. The summed E-state index contributed by atoms with van der Waals surface area (Å²) in [5.41, 5.74) is 6.77. The molecular weight excluding hydrogens is 260 g/mol. The minimum Gasteiger partial charge on any atom is -0.378 e. The van der Waals surface area contributed by atoms with Crippen molar-refractivity contribution in [1.29, 1.82) is 0 Å². The van der Waals surface area contributed by atoms with E-state index < -0.39 is 0 Å². The van der Waals surface area contributed by atoms with E-state index in [2.05, 4.69) is 23.9 Å². The van der Waals surface area contributed by atoms with Gasteiger partial charge in [0.15, 0.2) is 5.13 Å². The molecule has 0 radical (unpaired) electrons. The monoisotopic (exact) mass is 284 g/mol. The molecule has 2 heterocycles. The van der Waals surface area contributed by atoms with Gasteiger partial charge in [0, 0.05) is 38.2 Å². The molecule has 0 bridgehead atoms. The molecule has 1 fully saturated rings. The molecule has 0 amide bonds. The second-order valence-corrected chi connectivity index (χ2v) is 6.23. The summed E-state index contributed by atoms with van der Waals surface area (Å²) in [6.45, 7) is 3.38. The van der Waals surface area contributed by atoms with Gasteiger partial charge in [0.25, 0.3) is 0 Å². The van der Waals surface area contributed by atoms with Crippen molar-refractivity contribution in [3.05, 3.63) is 10.6 Å².